The van der Waals surface area contributed by atoms with Gasteiger partial charge in [-0.05, 0) is 17.7 Å². The number of aromatic nitrogens is 2. The number of benzene rings is 1. The maximum atomic E-state index is 8.56. The van der Waals surface area contributed by atoms with Crippen molar-refractivity contribution in [2.24, 2.45) is 0 Å². The molecule has 0 fully saturated rings. The van der Waals surface area contributed by atoms with E-state index in [9.17, 15) is 0 Å². The Kier molecular flexibility index (Phi) is 1.95. The Morgan fingerprint density at radius 1 is 1.54 bits per heavy atom. The van der Waals surface area contributed by atoms with Gasteiger partial charge in [0.2, 0.25) is 0 Å². The van der Waals surface area contributed by atoms with Gasteiger partial charge in [-0.25, -0.2) is 4.98 Å². The topological polar surface area (TPSA) is 52.5 Å². The van der Waals surface area contributed by atoms with Crippen molar-refractivity contribution in [1.29, 1.82) is 5.26 Å². The summed E-state index contributed by atoms with van der Waals surface area (Å²) in [5.41, 5.74) is 2.76. The zero-order valence-electron chi connectivity index (χ0n) is 6.78. The van der Waals surface area contributed by atoms with Gasteiger partial charge in [-0.3, -0.25) is 0 Å². The molecule has 2 rings (SSSR count). The molecular formula is C9H7N3S. The van der Waals surface area contributed by atoms with Crippen molar-refractivity contribution >= 4 is 23.7 Å². The van der Waals surface area contributed by atoms with Crippen LogP contribution >= 0.6 is 12.6 Å². The minimum Gasteiger partial charge on any atom is -0.345 e. The van der Waals surface area contributed by atoms with Crippen LogP contribution in [0.2, 0.25) is 0 Å². The highest BCUT2D eigenvalue weighted by atomic mass is 32.1. The number of fused-ring (bicyclic) bond motifs is 1. The molecule has 4 heteroatoms. The Balaban J connectivity index is 2.64. The van der Waals surface area contributed by atoms with Crippen LogP contribution in [0.25, 0.3) is 11.0 Å². The average Bonchev–Trinajstić information content (AvgIpc) is 2.52. The first-order valence-electron chi connectivity index (χ1n) is 3.83. The van der Waals surface area contributed by atoms with E-state index in [-0.39, 0.29) is 0 Å². The number of hydrogen-bond donors (Lipinski definition) is 2. The molecule has 0 aliphatic carbocycles. The number of nitrogens with one attached hydrogen (secondary N) is 1. The number of aromatic amines is 1. The number of nitriles is 1. The zero-order chi connectivity index (χ0) is 9.26. The van der Waals surface area contributed by atoms with Crippen molar-refractivity contribution in [2.45, 2.75) is 11.3 Å². The smallest absolute Gasteiger partial charge is 0.0931 e. The fourth-order valence-electron chi connectivity index (χ4n) is 1.24. The predicted molar refractivity (Wildman–Crippen MR) is 52.7 cm³/mol. The van der Waals surface area contributed by atoms with E-state index in [2.05, 4.69) is 28.7 Å². The first-order valence-corrected chi connectivity index (χ1v) is 4.28. The van der Waals surface area contributed by atoms with Gasteiger partial charge in [-0.2, -0.15) is 5.26 Å². The Morgan fingerprint density at radius 2 is 2.38 bits per heavy atom. The highest BCUT2D eigenvalue weighted by Crippen LogP contribution is 2.20. The lowest BCUT2D eigenvalue weighted by atomic mass is 10.1. The van der Waals surface area contributed by atoms with Gasteiger partial charge in [0, 0.05) is 4.90 Å². The molecule has 1 aromatic carbocycles. The van der Waals surface area contributed by atoms with Gasteiger partial charge in [0.1, 0.15) is 0 Å². The third kappa shape index (κ3) is 1.38. The second-order valence-corrected chi connectivity index (χ2v) is 3.22. The van der Waals surface area contributed by atoms with Crippen molar-refractivity contribution in [1.82, 2.24) is 9.97 Å². The SMILES string of the molecule is N#CCc1cc2[nH]cnc2cc1S. The Bertz CT molecular complexity index is 481. The van der Waals surface area contributed by atoms with E-state index in [0.29, 0.717) is 6.42 Å². The molecule has 1 heterocycles. The summed E-state index contributed by atoms with van der Waals surface area (Å²) in [6.07, 6.45) is 2.02. The second-order valence-electron chi connectivity index (χ2n) is 2.74. The maximum absolute atomic E-state index is 8.56. The summed E-state index contributed by atoms with van der Waals surface area (Å²) in [5.74, 6) is 0. The maximum Gasteiger partial charge on any atom is 0.0931 e. The van der Waals surface area contributed by atoms with Crippen LogP contribution in [0.5, 0.6) is 0 Å². The summed E-state index contributed by atoms with van der Waals surface area (Å²) in [6, 6.07) is 5.87. The van der Waals surface area contributed by atoms with E-state index in [0.717, 1.165) is 21.5 Å². The Labute approximate surface area is 80.8 Å². The molecule has 0 aliphatic rings. The van der Waals surface area contributed by atoms with Crippen LogP contribution in [0, 0.1) is 11.3 Å². The van der Waals surface area contributed by atoms with E-state index in [1.54, 1.807) is 6.33 Å². The normalized spacial score (nSPS) is 10.2. The largest absolute Gasteiger partial charge is 0.345 e. The predicted octanol–water partition coefficient (Wildman–Crippen LogP) is 1.92. The van der Waals surface area contributed by atoms with Gasteiger partial charge >= 0.3 is 0 Å². The molecule has 1 N–H and O–H groups in total. The van der Waals surface area contributed by atoms with Gasteiger partial charge in [0.05, 0.1) is 29.9 Å². The summed E-state index contributed by atoms with van der Waals surface area (Å²) in [7, 11) is 0. The van der Waals surface area contributed by atoms with Crippen molar-refractivity contribution in [2.75, 3.05) is 0 Å². The number of hydrogen-bond acceptors (Lipinski definition) is 3. The van der Waals surface area contributed by atoms with Crippen LogP contribution in [-0.4, -0.2) is 9.97 Å². The van der Waals surface area contributed by atoms with Gasteiger partial charge in [-0.1, -0.05) is 0 Å². The van der Waals surface area contributed by atoms with Crippen LogP contribution in [0.15, 0.2) is 23.4 Å². The molecule has 64 valence electrons. The summed E-state index contributed by atoms with van der Waals surface area (Å²) < 4.78 is 0. The first kappa shape index (κ1) is 8.14. The minimum absolute atomic E-state index is 0.383. The quantitative estimate of drug-likeness (QED) is 0.673. The summed E-state index contributed by atoms with van der Waals surface area (Å²) in [6.45, 7) is 0. The molecule has 3 nitrogen and oxygen atoms in total. The van der Waals surface area contributed by atoms with Crippen molar-refractivity contribution < 1.29 is 0 Å². The van der Waals surface area contributed by atoms with Crippen molar-refractivity contribution in [3.05, 3.63) is 24.0 Å². The third-order valence-electron chi connectivity index (χ3n) is 1.89. The number of imidazole rings is 1. The second kappa shape index (κ2) is 3.11. The molecule has 0 amide bonds. The van der Waals surface area contributed by atoms with Crippen LogP contribution in [-0.2, 0) is 6.42 Å². The lowest BCUT2D eigenvalue weighted by Gasteiger charge is -1.99. The number of rotatable bonds is 1. The fraction of sp³-hybridized carbons (Fsp3) is 0.111. The molecule has 0 saturated carbocycles. The summed E-state index contributed by atoms with van der Waals surface area (Å²) >= 11 is 4.28. The van der Waals surface area contributed by atoms with Gasteiger partial charge in [-0.15, -0.1) is 12.6 Å². The van der Waals surface area contributed by atoms with E-state index >= 15 is 0 Å². The monoisotopic (exact) mass is 189 g/mol. The molecule has 0 radical (unpaired) electrons. The zero-order valence-corrected chi connectivity index (χ0v) is 7.68. The van der Waals surface area contributed by atoms with Gasteiger partial charge in [0.15, 0.2) is 0 Å². The van der Waals surface area contributed by atoms with Crippen LogP contribution < -0.4 is 0 Å². The lowest BCUT2D eigenvalue weighted by Crippen LogP contribution is -1.84. The number of H-pyrrole nitrogens is 1. The standard InChI is InChI=1S/C9H7N3S/c10-2-1-6-3-7-8(4-9(6)13)12-5-11-7/h3-5,13H,1H2,(H,11,12). The van der Waals surface area contributed by atoms with E-state index < -0.39 is 0 Å². The van der Waals surface area contributed by atoms with Gasteiger partial charge in [0.25, 0.3) is 0 Å². The molecule has 1 aromatic heterocycles. The molecule has 0 spiro atoms. The number of nitrogens with zero attached hydrogens (tertiary/aromatic N) is 2. The fourth-order valence-corrected chi connectivity index (χ4v) is 1.51. The summed E-state index contributed by atoms with van der Waals surface area (Å²) in [4.78, 5) is 7.91. The number of thiol groups is 1. The Hall–Kier alpha value is -1.47. The Morgan fingerprint density at radius 3 is 3.15 bits per heavy atom. The van der Waals surface area contributed by atoms with Gasteiger partial charge < -0.3 is 4.98 Å². The molecule has 13 heavy (non-hydrogen) atoms. The van der Waals surface area contributed by atoms with E-state index in [4.69, 9.17) is 5.26 Å². The molecule has 0 atom stereocenters. The molecule has 2 aromatic rings. The van der Waals surface area contributed by atoms with Crippen LogP contribution in [0.4, 0.5) is 0 Å². The lowest BCUT2D eigenvalue weighted by molar-refractivity contribution is 1.19. The van der Waals surface area contributed by atoms with Crippen LogP contribution in [0.1, 0.15) is 5.56 Å². The van der Waals surface area contributed by atoms with Crippen LogP contribution in [0.3, 0.4) is 0 Å². The molecule has 0 saturated heterocycles. The highest BCUT2D eigenvalue weighted by molar-refractivity contribution is 7.80. The summed E-state index contributed by atoms with van der Waals surface area (Å²) in [5, 5.41) is 8.56. The molecule has 0 aliphatic heterocycles. The molecular weight excluding hydrogens is 182 g/mol. The average molecular weight is 189 g/mol. The third-order valence-corrected chi connectivity index (χ3v) is 2.31. The molecule has 0 bridgehead atoms. The van der Waals surface area contributed by atoms with E-state index in [1.165, 1.54) is 0 Å². The van der Waals surface area contributed by atoms with Crippen molar-refractivity contribution in [3.63, 3.8) is 0 Å². The first-order chi connectivity index (χ1) is 6.31. The highest BCUT2D eigenvalue weighted by Gasteiger charge is 2.02. The molecule has 0 unspecified atom stereocenters. The minimum atomic E-state index is 0.383. The van der Waals surface area contributed by atoms with Crippen molar-refractivity contribution in [3.8, 4) is 6.07 Å². The van der Waals surface area contributed by atoms with E-state index in [1.807, 2.05) is 12.1 Å².